The van der Waals surface area contributed by atoms with Crippen molar-refractivity contribution >= 4 is 22.9 Å². The number of hydrogen-bond donors (Lipinski definition) is 1. The van der Waals surface area contributed by atoms with Crippen molar-refractivity contribution in [1.82, 2.24) is 0 Å². The highest BCUT2D eigenvalue weighted by atomic mass is 32.1. The number of hydrogen-bond acceptors (Lipinski definition) is 3. The number of aromatic nitrogens is 1. The Bertz CT molecular complexity index is 1160. The molecular weight excluding hydrogens is 500 g/mol. The van der Waals surface area contributed by atoms with Crippen LogP contribution in [0.25, 0.3) is 0 Å². The van der Waals surface area contributed by atoms with Gasteiger partial charge >= 0.3 is 0 Å². The van der Waals surface area contributed by atoms with Crippen LogP contribution < -0.4 is 14.6 Å². The highest BCUT2D eigenvalue weighted by Gasteiger charge is 2.21. The van der Waals surface area contributed by atoms with Crippen molar-refractivity contribution in [2.24, 2.45) is 0 Å². The molecule has 1 aromatic heterocycles. The molecule has 0 radical (unpaired) electrons. The largest absolute Gasteiger partial charge is 0.493 e. The van der Waals surface area contributed by atoms with E-state index in [1.54, 1.807) is 11.3 Å². The first-order valence-corrected chi connectivity index (χ1v) is 15.8. The van der Waals surface area contributed by atoms with E-state index in [1.807, 2.05) is 36.4 Å². The first-order valence-electron chi connectivity index (χ1n) is 14.9. The van der Waals surface area contributed by atoms with E-state index in [4.69, 9.17) is 4.74 Å². The molecule has 1 heterocycles. The van der Waals surface area contributed by atoms with Crippen LogP contribution in [0.5, 0.6) is 5.75 Å². The Labute approximate surface area is 240 Å². The lowest BCUT2D eigenvalue weighted by Gasteiger charge is -2.23. The van der Waals surface area contributed by atoms with Gasteiger partial charge in [-0.25, -0.2) is 0 Å². The Balaban J connectivity index is 1.51. The van der Waals surface area contributed by atoms with Crippen molar-refractivity contribution < 1.29 is 14.1 Å². The van der Waals surface area contributed by atoms with Crippen LogP contribution in [0.15, 0.2) is 54.2 Å². The molecule has 0 fully saturated rings. The van der Waals surface area contributed by atoms with Crippen LogP contribution >= 0.6 is 11.3 Å². The molecule has 4 nitrogen and oxygen atoms in total. The van der Waals surface area contributed by atoms with Gasteiger partial charge in [-0.3, -0.25) is 4.79 Å². The maximum atomic E-state index is 13.2. The fraction of sp³-hybridized carbons (Fsp3) is 0.529. The van der Waals surface area contributed by atoms with E-state index in [0.29, 0.717) is 5.56 Å². The molecule has 0 aliphatic heterocycles. The van der Waals surface area contributed by atoms with Crippen LogP contribution in [0.4, 0.5) is 5.69 Å². The number of thiazole rings is 1. The number of nitrogens with one attached hydrogen (secondary N) is 1. The summed E-state index contributed by atoms with van der Waals surface area (Å²) in [6.07, 6.45) is 15.3. The molecule has 0 aliphatic rings. The maximum Gasteiger partial charge on any atom is 0.255 e. The topological polar surface area (TPSA) is 42.2 Å². The van der Waals surface area contributed by atoms with Gasteiger partial charge in [-0.1, -0.05) is 109 Å². The molecule has 5 heteroatoms. The normalized spacial score (nSPS) is 11.5. The second-order valence-electron chi connectivity index (χ2n) is 11.8. The van der Waals surface area contributed by atoms with Gasteiger partial charge in [0, 0.05) is 22.4 Å². The van der Waals surface area contributed by atoms with Crippen LogP contribution in [0.2, 0.25) is 0 Å². The lowest BCUT2D eigenvalue weighted by Crippen LogP contribution is -2.30. The van der Waals surface area contributed by atoms with Crippen LogP contribution in [-0.2, 0) is 12.0 Å². The first-order chi connectivity index (χ1) is 18.8. The smallest absolute Gasteiger partial charge is 0.255 e. The Hall–Kier alpha value is -2.66. The van der Waals surface area contributed by atoms with Gasteiger partial charge in [0.15, 0.2) is 12.7 Å². The van der Waals surface area contributed by atoms with Crippen LogP contribution in [0, 0.1) is 6.92 Å². The second kappa shape index (κ2) is 15.8. The number of anilines is 1. The summed E-state index contributed by atoms with van der Waals surface area (Å²) in [6, 6.07) is 13.9. The van der Waals surface area contributed by atoms with Crippen molar-refractivity contribution in [2.75, 3.05) is 11.9 Å². The number of ether oxygens (including phenoxy) is 1. The highest BCUT2D eigenvalue weighted by Crippen LogP contribution is 2.33. The quantitative estimate of drug-likeness (QED) is 0.143. The van der Waals surface area contributed by atoms with E-state index in [-0.39, 0.29) is 11.3 Å². The molecule has 3 aromatic rings. The van der Waals surface area contributed by atoms with Gasteiger partial charge < -0.3 is 10.1 Å². The minimum absolute atomic E-state index is 0.0991. The van der Waals surface area contributed by atoms with Gasteiger partial charge in [-0.2, -0.15) is 4.57 Å². The summed E-state index contributed by atoms with van der Waals surface area (Å²) < 4.78 is 8.40. The first kappa shape index (κ1) is 30.9. The standard InChI is InChI=1S/C34H48N2O2S/c1-6-7-8-9-10-11-12-13-14-15-21-38-32-20-19-29(23-31(32)34(3,4)5)33(37)35-30-18-16-17-28(22-30)25-36-24-27(2)39-26-36/h16-20,22-24,26H,6-15,21,25H2,1-5H3/p+1. The second-order valence-corrected chi connectivity index (χ2v) is 12.9. The van der Waals surface area contributed by atoms with Crippen molar-refractivity contribution in [3.05, 3.63) is 75.7 Å². The molecule has 0 unspecified atom stereocenters. The summed E-state index contributed by atoms with van der Waals surface area (Å²) in [6.45, 7) is 12.4. The predicted octanol–water partition coefficient (Wildman–Crippen LogP) is 9.24. The zero-order valence-corrected chi connectivity index (χ0v) is 25.7. The molecule has 0 saturated carbocycles. The van der Waals surface area contributed by atoms with E-state index in [1.165, 1.54) is 62.7 Å². The Morgan fingerprint density at radius 3 is 2.26 bits per heavy atom. The van der Waals surface area contributed by atoms with Gasteiger partial charge in [-0.15, -0.1) is 0 Å². The predicted molar refractivity (Wildman–Crippen MR) is 165 cm³/mol. The summed E-state index contributed by atoms with van der Waals surface area (Å²) in [5, 5.41) is 3.09. The van der Waals surface area contributed by atoms with E-state index >= 15 is 0 Å². The number of unbranched alkanes of at least 4 members (excludes halogenated alkanes) is 9. The molecule has 0 bridgehead atoms. The van der Waals surface area contributed by atoms with Crippen LogP contribution in [-0.4, -0.2) is 12.5 Å². The molecule has 212 valence electrons. The molecule has 0 spiro atoms. The number of carbonyl (C=O) groups is 1. The average molecular weight is 550 g/mol. The van der Waals surface area contributed by atoms with Crippen molar-refractivity contribution in [1.29, 1.82) is 0 Å². The maximum absolute atomic E-state index is 13.2. The summed E-state index contributed by atoms with van der Waals surface area (Å²) in [4.78, 5) is 14.5. The number of amides is 1. The molecule has 39 heavy (non-hydrogen) atoms. The number of benzene rings is 2. The van der Waals surface area contributed by atoms with Crippen LogP contribution in [0.1, 0.15) is 118 Å². The van der Waals surface area contributed by atoms with Gasteiger partial charge in [0.1, 0.15) is 5.75 Å². The Morgan fingerprint density at radius 2 is 1.62 bits per heavy atom. The molecule has 0 atom stereocenters. The van der Waals surface area contributed by atoms with E-state index < -0.39 is 0 Å². The van der Waals surface area contributed by atoms with Crippen molar-refractivity contribution in [3.63, 3.8) is 0 Å². The van der Waals surface area contributed by atoms with Gasteiger partial charge in [-0.05, 0) is 49.1 Å². The number of aryl methyl sites for hydroxylation is 1. The summed E-state index contributed by atoms with van der Waals surface area (Å²) >= 11 is 1.74. The zero-order chi connectivity index (χ0) is 28.1. The molecule has 0 aliphatic carbocycles. The van der Waals surface area contributed by atoms with Crippen LogP contribution in [0.3, 0.4) is 0 Å². The lowest BCUT2D eigenvalue weighted by atomic mass is 9.85. The van der Waals surface area contributed by atoms with E-state index in [9.17, 15) is 4.79 Å². The van der Waals surface area contributed by atoms with Crippen molar-refractivity contribution in [2.45, 2.75) is 111 Å². The van der Waals surface area contributed by atoms with Gasteiger partial charge in [0.05, 0.1) is 11.5 Å². The molecular formula is C34H49N2O2S+. The van der Waals surface area contributed by atoms with Crippen molar-refractivity contribution in [3.8, 4) is 5.75 Å². The van der Waals surface area contributed by atoms with Gasteiger partial charge in [0.2, 0.25) is 5.51 Å². The summed E-state index contributed by atoms with van der Waals surface area (Å²) in [7, 11) is 0. The molecule has 3 rings (SSSR count). The minimum atomic E-state index is -0.126. The molecule has 1 N–H and O–H groups in total. The monoisotopic (exact) mass is 549 g/mol. The molecule has 1 amide bonds. The number of rotatable bonds is 16. The third-order valence-electron chi connectivity index (χ3n) is 7.08. The number of nitrogens with zero attached hydrogens (tertiary/aromatic N) is 1. The summed E-state index contributed by atoms with van der Waals surface area (Å²) in [5.74, 6) is 0.790. The van der Waals surface area contributed by atoms with E-state index in [2.05, 4.69) is 62.3 Å². The Morgan fingerprint density at radius 1 is 0.923 bits per heavy atom. The Kier molecular flexibility index (Phi) is 12.5. The highest BCUT2D eigenvalue weighted by molar-refractivity contribution is 7.09. The third kappa shape index (κ3) is 10.8. The third-order valence-corrected chi connectivity index (χ3v) is 7.93. The lowest BCUT2D eigenvalue weighted by molar-refractivity contribution is -0.683. The molecule has 2 aromatic carbocycles. The minimum Gasteiger partial charge on any atom is -0.493 e. The SMILES string of the molecule is CCCCCCCCCCCCOc1ccc(C(=O)Nc2cccc(C[n+]3csc(C)c3)c2)cc1C(C)(C)C. The fourth-order valence-corrected chi connectivity index (χ4v) is 5.48. The van der Waals surface area contributed by atoms with E-state index in [0.717, 1.165) is 42.1 Å². The number of carbonyl (C=O) groups excluding carboxylic acids is 1. The summed E-state index contributed by atoms with van der Waals surface area (Å²) in [5.41, 5.74) is 5.68. The van der Waals surface area contributed by atoms with Gasteiger partial charge in [0.25, 0.3) is 5.91 Å². The molecule has 0 saturated heterocycles. The zero-order valence-electron chi connectivity index (χ0n) is 24.9. The fourth-order valence-electron chi connectivity index (χ4n) is 4.84. The average Bonchev–Trinajstić information content (AvgIpc) is 3.31.